The van der Waals surface area contributed by atoms with Gasteiger partial charge >= 0.3 is 0 Å². The van der Waals surface area contributed by atoms with Crippen molar-refractivity contribution in [2.24, 2.45) is 0 Å². The molecule has 0 unspecified atom stereocenters. The summed E-state index contributed by atoms with van der Waals surface area (Å²) in [5.74, 6) is 0.488. The molecular weight excluding hydrogens is 202 g/mol. The van der Waals surface area contributed by atoms with E-state index in [-0.39, 0.29) is 6.99 Å². The Morgan fingerprint density at radius 1 is 1.38 bits per heavy atom. The van der Waals surface area contributed by atoms with E-state index in [4.69, 9.17) is 5.26 Å². The van der Waals surface area contributed by atoms with E-state index in [1.807, 2.05) is 36.4 Å². The first-order chi connectivity index (χ1) is 7.72. The summed E-state index contributed by atoms with van der Waals surface area (Å²) in [4.78, 5) is 18.3. The Bertz CT molecular complexity index is 614. The van der Waals surface area contributed by atoms with Gasteiger partial charge in [-0.1, -0.05) is 30.3 Å². The van der Waals surface area contributed by atoms with Crippen LogP contribution in [0.5, 0.6) is 0 Å². The van der Waals surface area contributed by atoms with E-state index in [0.717, 1.165) is 5.56 Å². The van der Waals surface area contributed by atoms with Gasteiger partial charge in [-0.3, -0.25) is 4.79 Å². The van der Waals surface area contributed by atoms with Crippen LogP contribution in [0.1, 0.15) is 12.7 Å². The second-order valence-corrected chi connectivity index (χ2v) is 3.35. The normalized spacial score (nSPS) is 9.75. The largest absolute Gasteiger partial charge is 0.305 e. The Balaban J connectivity index is 0.00000144. The Hall–Kier alpha value is -2.41. The van der Waals surface area contributed by atoms with Crippen molar-refractivity contribution in [1.82, 2.24) is 9.97 Å². The third-order valence-corrected chi connectivity index (χ3v) is 2.26. The van der Waals surface area contributed by atoms with Crippen LogP contribution in [0, 0.1) is 18.3 Å². The number of hydrogen-bond donors (Lipinski definition) is 1. The van der Waals surface area contributed by atoms with Gasteiger partial charge in [-0.25, -0.2) is 4.98 Å². The lowest BCUT2D eigenvalue weighted by atomic mass is 10.2. The average molecular weight is 213 g/mol. The summed E-state index contributed by atoms with van der Waals surface area (Å²) in [6.07, 6.45) is 0. The van der Waals surface area contributed by atoms with Gasteiger partial charge < -0.3 is 4.98 Å². The van der Waals surface area contributed by atoms with Crippen LogP contribution < -0.4 is 5.56 Å². The molecule has 1 heterocycles. The van der Waals surface area contributed by atoms with Crippen molar-refractivity contribution in [2.75, 3.05) is 0 Å². The maximum Gasteiger partial charge on any atom is 0.269 e. The number of aryl methyl sites for hydroxylation is 1. The lowest BCUT2D eigenvalue weighted by Crippen LogP contribution is -2.15. The van der Waals surface area contributed by atoms with Gasteiger partial charge in [0.25, 0.3) is 5.56 Å². The Morgan fingerprint density at radius 2 is 2.06 bits per heavy atom. The lowest BCUT2D eigenvalue weighted by Gasteiger charge is -2.02. The van der Waals surface area contributed by atoms with Crippen LogP contribution in [0.15, 0.2) is 35.1 Å². The fourth-order valence-corrected chi connectivity index (χ4v) is 1.45. The van der Waals surface area contributed by atoms with Gasteiger partial charge in [-0.05, 0) is 6.92 Å². The third-order valence-electron chi connectivity index (χ3n) is 2.26. The highest BCUT2D eigenvalue weighted by atomic mass is 16.1. The summed E-state index contributed by atoms with van der Waals surface area (Å²) >= 11 is 0. The monoisotopic (exact) mass is 213 g/mol. The fourth-order valence-electron chi connectivity index (χ4n) is 1.45. The fraction of sp³-hybridized carbons (Fsp3) is 0.0833. The van der Waals surface area contributed by atoms with E-state index in [1.165, 1.54) is 0 Å². The Kier molecular flexibility index (Phi) is 2.52. The summed E-state index contributed by atoms with van der Waals surface area (Å²) < 4.78 is 0. The predicted octanol–water partition coefficient (Wildman–Crippen LogP) is 1.86. The number of nitriles is 1. The van der Waals surface area contributed by atoms with Gasteiger partial charge in [0.2, 0.25) is 0 Å². The number of nitrogens with one attached hydrogen (secondary N) is 1. The minimum absolute atomic E-state index is 0. The highest BCUT2D eigenvalue weighted by molar-refractivity contribution is 5.55. The van der Waals surface area contributed by atoms with Crippen molar-refractivity contribution < 1.29 is 1.43 Å². The molecule has 0 amide bonds. The number of aromatic amines is 1. The molecule has 0 saturated carbocycles. The Labute approximate surface area is 93.7 Å². The molecule has 0 aliphatic rings. The molecule has 0 aliphatic heterocycles. The zero-order valence-electron chi connectivity index (χ0n) is 8.69. The first-order valence-corrected chi connectivity index (χ1v) is 4.79. The molecule has 1 aromatic carbocycles. The number of rotatable bonds is 1. The van der Waals surface area contributed by atoms with Gasteiger partial charge in [0.05, 0.1) is 5.69 Å². The van der Waals surface area contributed by atoms with Crippen molar-refractivity contribution >= 4 is 0 Å². The molecule has 0 bridgehead atoms. The van der Waals surface area contributed by atoms with Crippen LogP contribution in [0.4, 0.5) is 0 Å². The van der Waals surface area contributed by atoms with Crippen molar-refractivity contribution in [3.05, 3.63) is 51.9 Å². The van der Waals surface area contributed by atoms with Crippen LogP contribution in [0.25, 0.3) is 11.4 Å². The van der Waals surface area contributed by atoms with Crippen LogP contribution in [0.3, 0.4) is 0 Å². The van der Waals surface area contributed by atoms with Crippen molar-refractivity contribution in [3.63, 3.8) is 0 Å². The summed E-state index contributed by atoms with van der Waals surface area (Å²) in [7, 11) is 0. The van der Waals surface area contributed by atoms with E-state index in [9.17, 15) is 4.79 Å². The molecule has 2 rings (SSSR count). The minimum Gasteiger partial charge on any atom is -0.305 e. The number of nitrogens with zero attached hydrogens (tertiary/aromatic N) is 2. The molecule has 0 radical (unpaired) electrons. The van der Waals surface area contributed by atoms with Crippen LogP contribution in [0.2, 0.25) is 0 Å². The van der Waals surface area contributed by atoms with Crippen molar-refractivity contribution in [2.45, 2.75) is 6.92 Å². The zero-order valence-corrected chi connectivity index (χ0v) is 8.69. The average Bonchev–Trinajstić information content (AvgIpc) is 2.30. The van der Waals surface area contributed by atoms with Crippen molar-refractivity contribution in [3.8, 4) is 17.5 Å². The van der Waals surface area contributed by atoms with Crippen LogP contribution >= 0.6 is 0 Å². The van der Waals surface area contributed by atoms with E-state index < -0.39 is 5.56 Å². The second-order valence-electron chi connectivity index (χ2n) is 3.35. The summed E-state index contributed by atoms with van der Waals surface area (Å²) in [6, 6.07) is 11.2. The molecule has 1 N–H and O–H groups in total. The first kappa shape index (κ1) is 10.1. The molecule has 0 aliphatic carbocycles. The smallest absolute Gasteiger partial charge is 0.269 e. The third kappa shape index (κ3) is 1.71. The van der Waals surface area contributed by atoms with Gasteiger partial charge in [-0.15, -0.1) is 0 Å². The molecular formula is C12H11N3O. The SMILES string of the molecule is Cc1nc(-c2ccccc2)[nH]c(=O)c1C#N.[HH]. The van der Waals surface area contributed by atoms with Gasteiger partial charge in [0.15, 0.2) is 0 Å². The quantitative estimate of drug-likeness (QED) is 0.786. The molecule has 0 atom stereocenters. The number of aromatic nitrogens is 2. The van der Waals surface area contributed by atoms with E-state index in [2.05, 4.69) is 9.97 Å². The maximum absolute atomic E-state index is 11.5. The van der Waals surface area contributed by atoms with Gasteiger partial charge in [-0.2, -0.15) is 5.26 Å². The van der Waals surface area contributed by atoms with Crippen molar-refractivity contribution in [1.29, 1.82) is 5.26 Å². The van der Waals surface area contributed by atoms with E-state index >= 15 is 0 Å². The summed E-state index contributed by atoms with van der Waals surface area (Å²) in [6.45, 7) is 1.65. The Morgan fingerprint density at radius 3 is 2.62 bits per heavy atom. The number of H-pyrrole nitrogens is 1. The summed E-state index contributed by atoms with van der Waals surface area (Å²) in [5, 5.41) is 8.75. The molecule has 1 aromatic heterocycles. The number of hydrogen-bond acceptors (Lipinski definition) is 3. The van der Waals surface area contributed by atoms with Gasteiger partial charge in [0, 0.05) is 6.99 Å². The zero-order chi connectivity index (χ0) is 11.5. The standard InChI is InChI=1S/C12H9N3O.H2/c1-8-10(7-13)12(16)15-11(14-8)9-5-3-2-4-6-9;/h2-6H,1H3,(H,14,15,16);1H. The maximum atomic E-state index is 11.5. The first-order valence-electron chi connectivity index (χ1n) is 4.79. The molecule has 16 heavy (non-hydrogen) atoms. The molecule has 0 fully saturated rings. The lowest BCUT2D eigenvalue weighted by molar-refractivity contribution is 1.06. The summed E-state index contributed by atoms with van der Waals surface area (Å²) in [5.41, 5.74) is 0.950. The van der Waals surface area contributed by atoms with E-state index in [0.29, 0.717) is 11.5 Å². The highest BCUT2D eigenvalue weighted by Gasteiger charge is 2.07. The van der Waals surface area contributed by atoms with Crippen LogP contribution in [-0.4, -0.2) is 9.97 Å². The molecule has 0 saturated heterocycles. The second kappa shape index (κ2) is 3.99. The molecule has 0 spiro atoms. The predicted molar refractivity (Wildman–Crippen MR) is 61.9 cm³/mol. The minimum atomic E-state index is -0.395. The highest BCUT2D eigenvalue weighted by Crippen LogP contribution is 2.13. The molecule has 4 nitrogen and oxygen atoms in total. The molecule has 4 heteroatoms. The number of benzene rings is 1. The van der Waals surface area contributed by atoms with Crippen LogP contribution in [-0.2, 0) is 0 Å². The van der Waals surface area contributed by atoms with Gasteiger partial charge in [0.1, 0.15) is 17.5 Å². The topological polar surface area (TPSA) is 69.5 Å². The van der Waals surface area contributed by atoms with E-state index in [1.54, 1.807) is 6.92 Å². The molecule has 80 valence electrons. The molecule has 2 aromatic rings.